The Hall–Kier alpha value is -2.74. The van der Waals surface area contributed by atoms with Gasteiger partial charge in [0.2, 0.25) is 5.91 Å². The van der Waals surface area contributed by atoms with Crippen molar-refractivity contribution >= 4 is 52.1 Å². The summed E-state index contributed by atoms with van der Waals surface area (Å²) >= 11 is 13.3. The molecule has 9 heteroatoms. The lowest BCUT2D eigenvalue weighted by atomic mass is 10.1. The van der Waals surface area contributed by atoms with Crippen molar-refractivity contribution in [3.05, 3.63) is 71.0 Å². The molecule has 4 rings (SSSR count). The number of carbonyl (C=O) groups excluding carboxylic acids is 1. The minimum absolute atomic E-state index is 0.181. The van der Waals surface area contributed by atoms with Crippen LogP contribution in [0, 0.1) is 0 Å². The van der Waals surface area contributed by atoms with E-state index in [2.05, 4.69) is 15.4 Å². The molecule has 0 aliphatic carbocycles. The maximum atomic E-state index is 12.4. The Morgan fingerprint density at radius 3 is 2.58 bits per heavy atom. The molecule has 0 bridgehead atoms. The van der Waals surface area contributed by atoms with Crippen LogP contribution >= 0.6 is 35.0 Å². The number of thioether (sulfide) groups is 1. The summed E-state index contributed by atoms with van der Waals surface area (Å²) in [6, 6.07) is 14.6. The SMILES string of the molecule is CCOc1ccc(-c2cc3c(SCC(=O)Nc4cc(Cl)cc(Cl)c4)nccn3n2)cc1. The number of aromatic nitrogens is 3. The molecule has 0 atom stereocenters. The zero-order chi connectivity index (χ0) is 21.8. The van der Waals surface area contributed by atoms with Gasteiger partial charge in [-0.25, -0.2) is 9.50 Å². The summed E-state index contributed by atoms with van der Waals surface area (Å²) in [5.41, 5.74) is 3.17. The van der Waals surface area contributed by atoms with Crippen LogP contribution in [0.5, 0.6) is 5.75 Å². The van der Waals surface area contributed by atoms with E-state index in [4.69, 9.17) is 27.9 Å². The van der Waals surface area contributed by atoms with Gasteiger partial charge in [-0.05, 0) is 55.5 Å². The van der Waals surface area contributed by atoms with Crippen molar-refractivity contribution in [3.8, 4) is 17.0 Å². The van der Waals surface area contributed by atoms with Gasteiger partial charge in [0.05, 0.1) is 23.6 Å². The van der Waals surface area contributed by atoms with Crippen LogP contribution in [0.4, 0.5) is 5.69 Å². The average Bonchev–Trinajstić information content (AvgIpc) is 3.17. The third kappa shape index (κ3) is 5.31. The van der Waals surface area contributed by atoms with E-state index in [1.165, 1.54) is 11.8 Å². The molecule has 4 aromatic rings. The van der Waals surface area contributed by atoms with E-state index in [0.717, 1.165) is 22.5 Å². The molecule has 0 saturated heterocycles. The van der Waals surface area contributed by atoms with Gasteiger partial charge in [-0.2, -0.15) is 5.10 Å². The van der Waals surface area contributed by atoms with Gasteiger partial charge in [0.15, 0.2) is 0 Å². The Morgan fingerprint density at radius 1 is 1.13 bits per heavy atom. The highest BCUT2D eigenvalue weighted by Crippen LogP contribution is 2.28. The van der Waals surface area contributed by atoms with Crippen LogP contribution < -0.4 is 10.1 Å². The van der Waals surface area contributed by atoms with Crippen LogP contribution in [-0.2, 0) is 4.79 Å². The number of rotatable bonds is 7. The van der Waals surface area contributed by atoms with Crippen LogP contribution in [0.15, 0.2) is 66.0 Å². The predicted octanol–water partition coefficient (Wildman–Crippen LogP) is 5.83. The van der Waals surface area contributed by atoms with Crippen LogP contribution in [0.2, 0.25) is 10.0 Å². The van der Waals surface area contributed by atoms with Crippen molar-refractivity contribution < 1.29 is 9.53 Å². The molecule has 0 spiro atoms. The first-order valence-corrected chi connectivity index (χ1v) is 11.2. The average molecular weight is 473 g/mol. The number of ether oxygens (including phenoxy) is 1. The van der Waals surface area contributed by atoms with Gasteiger partial charge < -0.3 is 10.1 Å². The van der Waals surface area contributed by atoms with Crippen molar-refractivity contribution in [1.29, 1.82) is 0 Å². The minimum atomic E-state index is -0.182. The second-order valence-electron chi connectivity index (χ2n) is 6.54. The summed E-state index contributed by atoms with van der Waals surface area (Å²) in [7, 11) is 0. The third-order valence-corrected chi connectivity index (χ3v) is 5.73. The zero-order valence-electron chi connectivity index (χ0n) is 16.5. The van der Waals surface area contributed by atoms with Crippen molar-refractivity contribution in [2.75, 3.05) is 17.7 Å². The number of anilines is 1. The fourth-order valence-corrected chi connectivity index (χ4v) is 4.30. The summed E-state index contributed by atoms with van der Waals surface area (Å²) in [6.07, 6.45) is 3.45. The lowest BCUT2D eigenvalue weighted by Crippen LogP contribution is -2.14. The highest BCUT2D eigenvalue weighted by atomic mass is 35.5. The Kier molecular flexibility index (Phi) is 6.65. The number of benzene rings is 2. The second-order valence-corrected chi connectivity index (χ2v) is 8.38. The number of hydrogen-bond acceptors (Lipinski definition) is 5. The molecular formula is C22H18Cl2N4O2S. The molecule has 31 heavy (non-hydrogen) atoms. The first kappa shape index (κ1) is 21.5. The first-order valence-electron chi connectivity index (χ1n) is 9.48. The summed E-state index contributed by atoms with van der Waals surface area (Å²) in [5, 5.41) is 9.06. The van der Waals surface area contributed by atoms with E-state index in [0.29, 0.717) is 27.4 Å². The molecule has 0 fully saturated rings. The molecule has 2 aromatic heterocycles. The molecule has 2 heterocycles. The Bertz CT molecular complexity index is 1210. The van der Waals surface area contributed by atoms with E-state index in [1.54, 1.807) is 35.1 Å². The predicted molar refractivity (Wildman–Crippen MR) is 125 cm³/mol. The second kappa shape index (κ2) is 9.60. The zero-order valence-corrected chi connectivity index (χ0v) is 18.8. The largest absolute Gasteiger partial charge is 0.494 e. The van der Waals surface area contributed by atoms with Gasteiger partial charge in [0.1, 0.15) is 10.8 Å². The van der Waals surface area contributed by atoms with Crippen molar-refractivity contribution in [1.82, 2.24) is 14.6 Å². The van der Waals surface area contributed by atoms with Gasteiger partial charge >= 0.3 is 0 Å². The lowest BCUT2D eigenvalue weighted by Gasteiger charge is -2.06. The summed E-state index contributed by atoms with van der Waals surface area (Å²) in [5.74, 6) is 0.818. The van der Waals surface area contributed by atoms with Crippen molar-refractivity contribution in [2.24, 2.45) is 0 Å². The van der Waals surface area contributed by atoms with E-state index in [1.807, 2.05) is 37.3 Å². The van der Waals surface area contributed by atoms with Crippen LogP contribution in [0.3, 0.4) is 0 Å². The molecule has 0 aliphatic rings. The molecule has 6 nitrogen and oxygen atoms in total. The van der Waals surface area contributed by atoms with Gasteiger partial charge in [0.25, 0.3) is 0 Å². The summed E-state index contributed by atoms with van der Waals surface area (Å²) in [4.78, 5) is 16.8. The van der Waals surface area contributed by atoms with E-state index in [9.17, 15) is 4.79 Å². The van der Waals surface area contributed by atoms with Crippen molar-refractivity contribution in [3.63, 3.8) is 0 Å². The van der Waals surface area contributed by atoms with Gasteiger partial charge in [-0.15, -0.1) is 0 Å². The summed E-state index contributed by atoms with van der Waals surface area (Å²) < 4.78 is 7.25. The number of nitrogens with one attached hydrogen (secondary N) is 1. The quantitative estimate of drug-likeness (QED) is 0.342. The van der Waals surface area contributed by atoms with Gasteiger partial charge in [0, 0.05) is 33.7 Å². The highest BCUT2D eigenvalue weighted by molar-refractivity contribution is 8.00. The highest BCUT2D eigenvalue weighted by Gasteiger charge is 2.12. The number of nitrogens with zero attached hydrogens (tertiary/aromatic N) is 3. The smallest absolute Gasteiger partial charge is 0.234 e. The monoisotopic (exact) mass is 472 g/mol. The third-order valence-electron chi connectivity index (χ3n) is 4.30. The molecule has 2 aromatic carbocycles. The molecule has 0 unspecified atom stereocenters. The fourth-order valence-electron chi connectivity index (χ4n) is 3.00. The number of hydrogen-bond donors (Lipinski definition) is 1. The molecular weight excluding hydrogens is 455 g/mol. The lowest BCUT2D eigenvalue weighted by molar-refractivity contribution is -0.113. The molecule has 1 N–H and O–H groups in total. The standard InChI is InChI=1S/C22H18Cl2N4O2S/c1-2-30-18-5-3-14(4-6-18)19-12-20-22(25-7-8-28(20)27-19)31-13-21(29)26-17-10-15(23)9-16(24)11-17/h3-12H,2,13H2,1H3,(H,26,29). The molecule has 0 radical (unpaired) electrons. The summed E-state index contributed by atoms with van der Waals surface area (Å²) in [6.45, 7) is 2.57. The number of amides is 1. The molecule has 0 aliphatic heterocycles. The Morgan fingerprint density at radius 2 is 1.87 bits per heavy atom. The molecule has 158 valence electrons. The number of fused-ring (bicyclic) bond motifs is 1. The Balaban J connectivity index is 1.48. The Labute approximate surface area is 193 Å². The van der Waals surface area contributed by atoms with Gasteiger partial charge in [-0.1, -0.05) is 35.0 Å². The van der Waals surface area contributed by atoms with Crippen molar-refractivity contribution in [2.45, 2.75) is 11.9 Å². The van der Waals surface area contributed by atoms with Gasteiger partial charge in [-0.3, -0.25) is 4.79 Å². The van der Waals surface area contributed by atoms with Crippen LogP contribution in [0.25, 0.3) is 16.8 Å². The van der Waals surface area contributed by atoms with Crippen LogP contribution in [0.1, 0.15) is 6.92 Å². The maximum absolute atomic E-state index is 12.4. The van der Waals surface area contributed by atoms with E-state index < -0.39 is 0 Å². The van der Waals surface area contributed by atoms with Crippen LogP contribution in [-0.4, -0.2) is 32.9 Å². The fraction of sp³-hybridized carbons (Fsp3) is 0.136. The number of carbonyl (C=O) groups is 1. The number of halogens is 2. The van der Waals surface area contributed by atoms with E-state index in [-0.39, 0.29) is 11.7 Å². The maximum Gasteiger partial charge on any atom is 0.234 e. The topological polar surface area (TPSA) is 68.5 Å². The first-order chi connectivity index (χ1) is 15.0. The molecule has 0 saturated carbocycles. The van der Waals surface area contributed by atoms with E-state index >= 15 is 0 Å². The minimum Gasteiger partial charge on any atom is -0.494 e. The normalized spacial score (nSPS) is 10.9. The molecule has 1 amide bonds.